The van der Waals surface area contributed by atoms with E-state index >= 15 is 4.39 Å². The largest absolute Gasteiger partial charge is 0.481 e. The Balaban J connectivity index is 1.61. The molecule has 0 spiro atoms. The maximum absolute atomic E-state index is 15.2. The number of carboxylic acid groups (broad SMARTS) is 1. The number of nitrogens with one attached hydrogen (secondary N) is 1. The molecule has 0 unspecified atom stereocenters. The summed E-state index contributed by atoms with van der Waals surface area (Å²) >= 11 is 0. The zero-order valence-electron chi connectivity index (χ0n) is 18.0. The number of ketones is 1. The molecule has 0 aliphatic heterocycles. The first-order valence-electron chi connectivity index (χ1n) is 10.7. The van der Waals surface area contributed by atoms with E-state index in [0.29, 0.717) is 33.4 Å². The summed E-state index contributed by atoms with van der Waals surface area (Å²) in [5.41, 5.74) is 4.46. The fraction of sp³-hybridized carbons (Fsp3) is 0.115. The van der Waals surface area contributed by atoms with Gasteiger partial charge in [0.2, 0.25) is 0 Å². The average Bonchev–Trinajstić information content (AvgIpc) is 3.21. The highest BCUT2D eigenvalue weighted by atomic mass is 19.1. The number of hydrogen-bond donors (Lipinski definition) is 2. The van der Waals surface area contributed by atoms with Crippen molar-refractivity contribution in [2.75, 3.05) is 0 Å². The van der Waals surface area contributed by atoms with Crippen molar-refractivity contribution in [2.24, 2.45) is 0 Å². The Labute approximate surface area is 193 Å². The van der Waals surface area contributed by atoms with Crippen LogP contribution in [-0.4, -0.2) is 36.8 Å². The van der Waals surface area contributed by atoms with Crippen LogP contribution in [0, 0.1) is 5.82 Å². The lowest BCUT2D eigenvalue weighted by atomic mass is 9.97. The van der Waals surface area contributed by atoms with E-state index in [9.17, 15) is 9.59 Å². The Morgan fingerprint density at radius 2 is 1.82 bits per heavy atom. The Bertz CT molecular complexity index is 1550. The van der Waals surface area contributed by atoms with Gasteiger partial charge in [0.15, 0.2) is 0 Å². The number of carbonyl (C=O) groups is 2. The van der Waals surface area contributed by atoms with Gasteiger partial charge in [-0.25, -0.2) is 9.37 Å². The predicted octanol–water partition coefficient (Wildman–Crippen LogP) is 4.96. The number of pyridine rings is 3. The molecule has 7 nitrogen and oxygen atoms in total. The molecule has 168 valence electrons. The summed E-state index contributed by atoms with van der Waals surface area (Å²) in [6.07, 6.45) is 6.10. The molecule has 1 aromatic carbocycles. The van der Waals surface area contributed by atoms with E-state index < -0.39 is 11.8 Å². The first kappa shape index (κ1) is 21.4. The average molecular weight is 454 g/mol. The van der Waals surface area contributed by atoms with E-state index in [1.54, 1.807) is 42.9 Å². The van der Waals surface area contributed by atoms with Crippen LogP contribution in [-0.2, 0) is 16.0 Å². The number of carboxylic acids is 1. The second kappa shape index (κ2) is 8.82. The van der Waals surface area contributed by atoms with E-state index in [4.69, 9.17) is 5.11 Å². The van der Waals surface area contributed by atoms with Gasteiger partial charge in [-0.2, -0.15) is 0 Å². The van der Waals surface area contributed by atoms with Gasteiger partial charge in [-0.1, -0.05) is 24.3 Å². The fourth-order valence-electron chi connectivity index (χ4n) is 4.09. The van der Waals surface area contributed by atoms with E-state index in [1.165, 1.54) is 6.20 Å². The summed E-state index contributed by atoms with van der Waals surface area (Å²) in [5.74, 6) is -1.68. The lowest BCUT2D eigenvalue weighted by Crippen LogP contribution is -2.06. The van der Waals surface area contributed by atoms with Crippen molar-refractivity contribution in [3.05, 3.63) is 78.6 Å². The summed E-state index contributed by atoms with van der Waals surface area (Å²) in [7, 11) is 0. The monoisotopic (exact) mass is 454 g/mol. The number of rotatable bonds is 7. The second-order valence-corrected chi connectivity index (χ2v) is 8.00. The molecule has 0 amide bonds. The van der Waals surface area contributed by atoms with Gasteiger partial charge in [0.1, 0.15) is 17.2 Å². The smallest absolute Gasteiger partial charge is 0.303 e. The van der Waals surface area contributed by atoms with Crippen LogP contribution in [0.3, 0.4) is 0 Å². The molecule has 2 N–H and O–H groups in total. The molecule has 5 aromatic rings. The Hall–Kier alpha value is -4.46. The number of fused-ring (bicyclic) bond motifs is 3. The quantitative estimate of drug-likeness (QED) is 0.360. The molecule has 34 heavy (non-hydrogen) atoms. The van der Waals surface area contributed by atoms with Crippen LogP contribution in [0.15, 0.2) is 67.3 Å². The number of H-pyrrole nitrogens is 1. The van der Waals surface area contributed by atoms with Crippen LogP contribution < -0.4 is 0 Å². The van der Waals surface area contributed by atoms with Crippen LogP contribution in [0.2, 0.25) is 0 Å². The summed E-state index contributed by atoms with van der Waals surface area (Å²) in [6, 6.07) is 12.7. The van der Waals surface area contributed by atoms with Gasteiger partial charge in [0, 0.05) is 47.1 Å². The Kier molecular flexibility index (Phi) is 5.55. The number of aromatic amines is 1. The van der Waals surface area contributed by atoms with Crippen molar-refractivity contribution in [2.45, 2.75) is 19.3 Å². The van der Waals surface area contributed by atoms with Crippen LogP contribution >= 0.6 is 0 Å². The first-order valence-corrected chi connectivity index (χ1v) is 10.7. The zero-order chi connectivity index (χ0) is 23.7. The Morgan fingerprint density at radius 1 is 0.971 bits per heavy atom. The van der Waals surface area contributed by atoms with Crippen molar-refractivity contribution < 1.29 is 19.1 Å². The number of benzene rings is 1. The molecule has 0 atom stereocenters. The molecule has 0 bridgehead atoms. The van der Waals surface area contributed by atoms with Crippen molar-refractivity contribution in [3.8, 4) is 22.4 Å². The fourth-order valence-corrected chi connectivity index (χ4v) is 4.09. The molecular formula is C26H19FN4O3. The third kappa shape index (κ3) is 4.13. The number of aliphatic carboxylic acids is 1. The Morgan fingerprint density at radius 3 is 2.62 bits per heavy atom. The molecule has 0 saturated heterocycles. The number of carbonyl (C=O) groups excluding carboxylic acids is 1. The first-order chi connectivity index (χ1) is 16.5. The van der Waals surface area contributed by atoms with Gasteiger partial charge in [0.05, 0.1) is 30.0 Å². The molecule has 4 heterocycles. The van der Waals surface area contributed by atoms with E-state index in [1.807, 2.05) is 18.2 Å². The minimum absolute atomic E-state index is 0.0417. The summed E-state index contributed by atoms with van der Waals surface area (Å²) in [5, 5.41) is 10.2. The number of aromatic nitrogens is 4. The van der Waals surface area contributed by atoms with Crippen molar-refractivity contribution in [1.82, 2.24) is 19.9 Å². The summed E-state index contributed by atoms with van der Waals surface area (Å²) in [6.45, 7) is 0. The highest BCUT2D eigenvalue weighted by Gasteiger charge is 2.18. The highest BCUT2D eigenvalue weighted by molar-refractivity contribution is 6.13. The molecular weight excluding hydrogens is 435 g/mol. The molecule has 0 saturated carbocycles. The maximum Gasteiger partial charge on any atom is 0.303 e. The molecule has 5 rings (SSSR count). The minimum atomic E-state index is -1.01. The van der Waals surface area contributed by atoms with Crippen LogP contribution in [0.25, 0.3) is 44.3 Å². The third-order valence-electron chi connectivity index (χ3n) is 5.65. The lowest BCUT2D eigenvalue weighted by Gasteiger charge is -2.09. The molecule has 0 radical (unpaired) electrons. The molecule has 0 aliphatic carbocycles. The summed E-state index contributed by atoms with van der Waals surface area (Å²) in [4.78, 5) is 39.0. The van der Waals surface area contributed by atoms with Crippen molar-refractivity contribution in [1.29, 1.82) is 0 Å². The zero-order valence-corrected chi connectivity index (χ0v) is 18.0. The number of nitrogens with zero attached hydrogens (tertiary/aromatic N) is 3. The SMILES string of the molecule is O=C(O)CCC(=O)Cc1cccc(-c2c(F)cnc3[nH]c4cnc(-c5cccnc5)cc4c23)c1. The topological polar surface area (TPSA) is 109 Å². The standard InChI is InChI=1S/C26H19FN4O3/c27-20-13-30-26-25(19-11-21(29-14-22(19)31-26)17-5-2-8-28-12-17)24(20)16-4-1-3-15(9-16)10-18(32)6-7-23(33)34/h1-5,8-9,11-14H,6-7,10H2,(H,30,31)(H,33,34). The van der Waals surface area contributed by atoms with Crippen LogP contribution in [0.1, 0.15) is 18.4 Å². The van der Waals surface area contributed by atoms with Crippen molar-refractivity contribution >= 4 is 33.7 Å². The van der Waals surface area contributed by atoms with Gasteiger partial charge in [0.25, 0.3) is 0 Å². The van der Waals surface area contributed by atoms with Gasteiger partial charge in [-0.3, -0.25) is 19.6 Å². The van der Waals surface area contributed by atoms with Crippen LogP contribution in [0.4, 0.5) is 4.39 Å². The van der Waals surface area contributed by atoms with Gasteiger partial charge < -0.3 is 10.1 Å². The van der Waals surface area contributed by atoms with Gasteiger partial charge in [-0.05, 0) is 29.3 Å². The normalized spacial score (nSPS) is 11.2. The predicted molar refractivity (Wildman–Crippen MR) is 126 cm³/mol. The number of Topliss-reactive ketones (excluding diaryl/α,β-unsaturated/α-hetero) is 1. The van der Waals surface area contributed by atoms with E-state index in [-0.39, 0.29) is 25.0 Å². The van der Waals surface area contributed by atoms with Crippen molar-refractivity contribution in [3.63, 3.8) is 0 Å². The summed E-state index contributed by atoms with van der Waals surface area (Å²) < 4.78 is 15.2. The number of hydrogen-bond acceptors (Lipinski definition) is 5. The maximum atomic E-state index is 15.2. The molecule has 8 heteroatoms. The van der Waals surface area contributed by atoms with Crippen LogP contribution in [0.5, 0.6) is 0 Å². The minimum Gasteiger partial charge on any atom is -0.481 e. The van der Waals surface area contributed by atoms with Gasteiger partial charge >= 0.3 is 5.97 Å². The lowest BCUT2D eigenvalue weighted by molar-refractivity contribution is -0.138. The third-order valence-corrected chi connectivity index (χ3v) is 5.65. The molecule has 0 fully saturated rings. The second-order valence-electron chi connectivity index (χ2n) is 8.00. The number of halogens is 1. The van der Waals surface area contributed by atoms with Gasteiger partial charge in [-0.15, -0.1) is 0 Å². The molecule has 0 aliphatic rings. The van der Waals surface area contributed by atoms with E-state index in [2.05, 4.69) is 19.9 Å². The van der Waals surface area contributed by atoms with E-state index in [0.717, 1.165) is 16.5 Å². The highest BCUT2D eigenvalue weighted by Crippen LogP contribution is 2.36. The molecule has 4 aromatic heterocycles.